The molecule has 3 N–H and O–H groups in total. The third-order valence-electron chi connectivity index (χ3n) is 8.49. The normalized spacial score (nSPS) is 21.0. The van der Waals surface area contributed by atoms with Gasteiger partial charge >= 0.3 is 0 Å². The summed E-state index contributed by atoms with van der Waals surface area (Å²) in [7, 11) is -4.01. The molecule has 1 unspecified atom stereocenters. The fraction of sp³-hybridized carbons (Fsp3) is 0.538. The van der Waals surface area contributed by atoms with Crippen LogP contribution in [0.5, 0.6) is 0 Å². The van der Waals surface area contributed by atoms with Crippen LogP contribution in [0.1, 0.15) is 49.3 Å². The Labute approximate surface area is 231 Å². The van der Waals surface area contributed by atoms with E-state index in [1.165, 1.54) is 17.5 Å². The predicted octanol–water partition coefficient (Wildman–Crippen LogP) is 2.66. The van der Waals surface area contributed by atoms with Gasteiger partial charge in [-0.15, -0.1) is 5.10 Å². The van der Waals surface area contributed by atoms with Crippen molar-refractivity contribution in [2.24, 2.45) is 10.6 Å². The van der Waals surface area contributed by atoms with Crippen LogP contribution in [-0.4, -0.2) is 77.2 Å². The van der Waals surface area contributed by atoms with Gasteiger partial charge in [0, 0.05) is 62.5 Å². The van der Waals surface area contributed by atoms with Crippen LogP contribution in [-0.2, 0) is 10.0 Å². The maximum Gasteiger partial charge on any atom is 0.251 e. The van der Waals surface area contributed by atoms with E-state index in [4.69, 9.17) is 5.14 Å². The lowest BCUT2D eigenvalue weighted by atomic mass is 9.92. The Hall–Kier alpha value is -3.23. The van der Waals surface area contributed by atoms with Crippen molar-refractivity contribution in [1.29, 1.82) is 0 Å². The van der Waals surface area contributed by atoms with Gasteiger partial charge in [-0.2, -0.15) is 4.98 Å². The number of hydrogen-bond donors (Lipinski definition) is 2. The summed E-state index contributed by atoms with van der Waals surface area (Å²) < 4.78 is 53.1. The zero-order valence-corrected chi connectivity index (χ0v) is 22.8. The maximum absolute atomic E-state index is 13.6. The molecule has 1 saturated carbocycles. The molecule has 0 radical (unpaired) electrons. The lowest BCUT2D eigenvalue weighted by molar-refractivity contribution is -0.0222. The van der Waals surface area contributed by atoms with Crippen LogP contribution < -0.4 is 14.9 Å². The fourth-order valence-electron chi connectivity index (χ4n) is 5.68. The van der Waals surface area contributed by atoms with Crippen molar-refractivity contribution in [3.8, 4) is 17.1 Å². The highest BCUT2D eigenvalue weighted by Crippen LogP contribution is 2.54. The van der Waals surface area contributed by atoms with Crippen molar-refractivity contribution in [2.75, 3.05) is 42.6 Å². The summed E-state index contributed by atoms with van der Waals surface area (Å²) in [5.74, 6) is -1.86. The molecule has 6 rings (SSSR count). The number of piperidine rings is 2. The zero-order chi connectivity index (χ0) is 28.1. The largest absolute Gasteiger partial charge is 0.395 e. The number of sulfonamides is 1. The predicted molar refractivity (Wildman–Crippen MR) is 145 cm³/mol. The minimum absolute atomic E-state index is 0.166. The molecule has 40 heavy (non-hydrogen) atoms. The quantitative estimate of drug-likeness (QED) is 0.435. The first-order valence-electron chi connectivity index (χ1n) is 13.5. The third-order valence-corrected chi connectivity index (χ3v) is 9.70. The van der Waals surface area contributed by atoms with Crippen LogP contribution in [0.4, 0.5) is 20.4 Å². The van der Waals surface area contributed by atoms with Gasteiger partial charge in [0.25, 0.3) is 5.92 Å². The van der Waals surface area contributed by atoms with Gasteiger partial charge in [-0.05, 0) is 42.7 Å². The Morgan fingerprint density at radius 2 is 1.70 bits per heavy atom. The van der Waals surface area contributed by atoms with Gasteiger partial charge in [0.2, 0.25) is 16.0 Å². The van der Waals surface area contributed by atoms with E-state index in [1.807, 2.05) is 0 Å². The molecule has 2 aliphatic heterocycles. The van der Waals surface area contributed by atoms with Crippen LogP contribution in [0.25, 0.3) is 17.1 Å². The number of alkyl halides is 2. The first-order valence-corrected chi connectivity index (χ1v) is 15.1. The number of nitrogens with two attached hydrogens (primary N) is 1. The van der Waals surface area contributed by atoms with Gasteiger partial charge in [0.15, 0.2) is 5.82 Å². The summed E-state index contributed by atoms with van der Waals surface area (Å²) >= 11 is 0. The number of aliphatic hydroxyl groups excluding tert-OH is 1. The van der Waals surface area contributed by atoms with Crippen molar-refractivity contribution >= 4 is 21.7 Å². The molecule has 4 heterocycles. The Balaban J connectivity index is 1.31. The molecule has 2 aromatic heterocycles. The summed E-state index contributed by atoms with van der Waals surface area (Å²) in [5.41, 5.74) is 2.98. The number of aromatic nitrogens is 5. The molecule has 2 saturated heterocycles. The fourth-order valence-corrected chi connectivity index (χ4v) is 6.41. The van der Waals surface area contributed by atoms with E-state index in [-0.39, 0.29) is 25.9 Å². The van der Waals surface area contributed by atoms with E-state index >= 15 is 0 Å². The van der Waals surface area contributed by atoms with Gasteiger partial charge in [-0.1, -0.05) is 17.3 Å². The molecule has 3 aliphatic rings. The third kappa shape index (κ3) is 5.39. The lowest BCUT2D eigenvalue weighted by Gasteiger charge is -2.35. The molecule has 1 aliphatic carbocycles. The monoisotopic (exact) mass is 574 g/mol. The Bertz CT molecular complexity index is 1490. The van der Waals surface area contributed by atoms with Crippen molar-refractivity contribution in [3.05, 3.63) is 42.2 Å². The lowest BCUT2D eigenvalue weighted by Crippen LogP contribution is -2.40. The Morgan fingerprint density at radius 3 is 2.35 bits per heavy atom. The second-order valence-corrected chi connectivity index (χ2v) is 12.9. The number of rotatable bonds is 7. The minimum Gasteiger partial charge on any atom is -0.395 e. The second kappa shape index (κ2) is 10.00. The van der Waals surface area contributed by atoms with Gasteiger partial charge < -0.3 is 14.9 Å². The number of halogens is 2. The summed E-state index contributed by atoms with van der Waals surface area (Å²) in [6.07, 6.45) is 7.43. The molecular weight excluding hydrogens is 542 g/mol. The van der Waals surface area contributed by atoms with Crippen molar-refractivity contribution in [3.63, 3.8) is 0 Å². The van der Waals surface area contributed by atoms with Crippen LogP contribution in [0.15, 0.2) is 36.7 Å². The van der Waals surface area contributed by atoms with E-state index < -0.39 is 27.8 Å². The number of nitrogens with zero attached hydrogens (tertiary/aromatic N) is 7. The number of benzene rings is 1. The second-order valence-electron chi connectivity index (χ2n) is 11.1. The molecule has 14 heteroatoms. The molecule has 1 spiro atoms. The van der Waals surface area contributed by atoms with Crippen molar-refractivity contribution < 1.29 is 22.3 Å². The molecule has 1 atom stereocenters. The average Bonchev–Trinajstić information content (AvgIpc) is 3.49. The van der Waals surface area contributed by atoms with Crippen LogP contribution >= 0.6 is 0 Å². The summed E-state index contributed by atoms with van der Waals surface area (Å²) in [5, 5.41) is 22.6. The highest BCUT2D eigenvalue weighted by Gasteiger charge is 2.44. The van der Waals surface area contributed by atoms with E-state index in [2.05, 4.69) is 25.2 Å². The van der Waals surface area contributed by atoms with Crippen LogP contribution in [0, 0.1) is 5.41 Å². The number of anilines is 2. The highest BCUT2D eigenvalue weighted by molar-refractivity contribution is 7.89. The summed E-state index contributed by atoms with van der Waals surface area (Å²) in [6, 6.07) is 6.87. The average molecular weight is 575 g/mol. The van der Waals surface area contributed by atoms with E-state index in [1.54, 1.807) is 41.6 Å². The van der Waals surface area contributed by atoms with Crippen LogP contribution in [0.2, 0.25) is 0 Å². The minimum atomic E-state index is -4.01. The summed E-state index contributed by atoms with van der Waals surface area (Å²) in [6.45, 7) is 1.36. The van der Waals surface area contributed by atoms with E-state index in [9.17, 15) is 22.3 Å². The SMILES string of the molecule is NS(=O)(=O)C(CO)c1ccc(-c2cn(-c3ccnc(N4CCC(F)(F)CC4)n3)nn2)c(N2CCC3(CC2)CC3)c1. The van der Waals surface area contributed by atoms with Gasteiger partial charge in [-0.3, -0.25) is 0 Å². The zero-order valence-electron chi connectivity index (χ0n) is 22.0. The standard InChI is InChI=1S/C26H32F2N8O3S/c27-26(28)8-13-35(14-9-26)24-30-10-3-23(31-24)36-16-20(32-33-36)19-2-1-18(22(17-37)40(29,38)39)15-21(19)34-11-6-25(4-5-25)7-12-34/h1-3,10,15-16,22,37H,4-9,11-14,17H2,(H2,29,38,39). The van der Waals surface area contributed by atoms with Gasteiger partial charge in [-0.25, -0.2) is 32.0 Å². The van der Waals surface area contributed by atoms with E-state index in [0.717, 1.165) is 37.2 Å². The molecule has 214 valence electrons. The number of primary sulfonamides is 1. The van der Waals surface area contributed by atoms with E-state index in [0.29, 0.717) is 28.4 Å². The Kier molecular flexibility index (Phi) is 6.74. The van der Waals surface area contributed by atoms with Crippen molar-refractivity contribution in [2.45, 2.75) is 49.7 Å². The summed E-state index contributed by atoms with van der Waals surface area (Å²) in [4.78, 5) is 12.8. The smallest absolute Gasteiger partial charge is 0.251 e. The molecule has 3 aromatic rings. The number of aliphatic hydroxyl groups is 1. The molecule has 3 fully saturated rings. The first kappa shape index (κ1) is 27.0. The maximum atomic E-state index is 13.6. The highest BCUT2D eigenvalue weighted by atomic mass is 32.2. The van der Waals surface area contributed by atoms with Crippen LogP contribution in [0.3, 0.4) is 0 Å². The molecule has 1 aromatic carbocycles. The molecular formula is C26H32F2N8O3S. The van der Waals surface area contributed by atoms with Crippen molar-refractivity contribution in [1.82, 2.24) is 25.0 Å². The van der Waals surface area contributed by atoms with Gasteiger partial charge in [0.05, 0.1) is 12.8 Å². The molecule has 11 nitrogen and oxygen atoms in total. The van der Waals surface area contributed by atoms with Gasteiger partial charge in [0.1, 0.15) is 10.9 Å². The molecule has 0 amide bonds. The number of hydrogen-bond acceptors (Lipinski definition) is 9. The molecule has 0 bridgehead atoms. The Morgan fingerprint density at radius 1 is 1.00 bits per heavy atom. The first-order chi connectivity index (χ1) is 19.1. The topological polar surface area (TPSA) is 143 Å².